The number of carbonyl (C=O) groups excluding carboxylic acids is 1. The molecule has 0 aromatic heterocycles. The third-order valence-corrected chi connectivity index (χ3v) is 6.10. The highest BCUT2D eigenvalue weighted by molar-refractivity contribution is 5.79. The Hall–Kier alpha value is -0.570. The Labute approximate surface area is 123 Å². The molecule has 3 nitrogen and oxygen atoms in total. The first-order valence-electron chi connectivity index (χ1n) is 8.73. The van der Waals surface area contributed by atoms with E-state index in [1.807, 2.05) is 0 Å². The summed E-state index contributed by atoms with van der Waals surface area (Å²) in [6.07, 6.45) is 10.9. The van der Waals surface area contributed by atoms with Gasteiger partial charge in [-0.15, -0.1) is 0 Å². The molecular weight excluding hydrogens is 248 g/mol. The van der Waals surface area contributed by atoms with Crippen molar-refractivity contribution < 1.29 is 4.79 Å². The lowest BCUT2D eigenvalue weighted by Crippen LogP contribution is -2.51. The van der Waals surface area contributed by atoms with Crippen LogP contribution in [0.2, 0.25) is 0 Å². The van der Waals surface area contributed by atoms with Crippen LogP contribution in [0.3, 0.4) is 0 Å². The van der Waals surface area contributed by atoms with E-state index in [0.29, 0.717) is 29.8 Å². The van der Waals surface area contributed by atoms with Crippen molar-refractivity contribution in [1.82, 2.24) is 4.90 Å². The van der Waals surface area contributed by atoms with Crippen LogP contribution < -0.4 is 5.73 Å². The average molecular weight is 278 g/mol. The molecule has 3 heteroatoms. The zero-order valence-corrected chi connectivity index (χ0v) is 12.9. The lowest BCUT2D eigenvalue weighted by molar-refractivity contribution is -0.140. The summed E-state index contributed by atoms with van der Waals surface area (Å²) in [6, 6.07) is 0.815. The molecule has 20 heavy (non-hydrogen) atoms. The predicted molar refractivity (Wildman–Crippen MR) is 81.2 cm³/mol. The minimum absolute atomic E-state index is 0.269. The molecule has 0 aromatic carbocycles. The van der Waals surface area contributed by atoms with Crippen molar-refractivity contribution in [1.29, 1.82) is 0 Å². The van der Waals surface area contributed by atoms with E-state index in [4.69, 9.17) is 5.73 Å². The summed E-state index contributed by atoms with van der Waals surface area (Å²) in [7, 11) is 0. The SMILES string of the molecule is CC1CCCCCN1C(=O)C1CC2CCCC(C1)C2N. The first-order chi connectivity index (χ1) is 9.66. The minimum atomic E-state index is 0.269. The molecule has 1 heterocycles. The molecule has 3 aliphatic rings. The summed E-state index contributed by atoms with van der Waals surface area (Å²) in [5.74, 6) is 1.94. The fourth-order valence-corrected chi connectivity index (χ4v) is 4.83. The average Bonchev–Trinajstić information content (AvgIpc) is 2.62. The Kier molecular flexibility index (Phi) is 4.34. The lowest BCUT2D eigenvalue weighted by atomic mass is 9.65. The van der Waals surface area contributed by atoms with E-state index < -0.39 is 0 Å². The number of amides is 1. The molecule has 1 aliphatic heterocycles. The number of likely N-dealkylation sites (tertiary alicyclic amines) is 1. The largest absolute Gasteiger partial charge is 0.340 e. The second kappa shape index (κ2) is 6.05. The molecule has 3 rings (SSSR count). The molecule has 2 saturated carbocycles. The van der Waals surface area contributed by atoms with Gasteiger partial charge in [-0.1, -0.05) is 19.3 Å². The fraction of sp³-hybridized carbons (Fsp3) is 0.941. The third kappa shape index (κ3) is 2.74. The quantitative estimate of drug-likeness (QED) is 0.801. The number of nitrogens with zero attached hydrogens (tertiary/aromatic N) is 1. The highest BCUT2D eigenvalue weighted by atomic mass is 16.2. The van der Waals surface area contributed by atoms with Crippen molar-refractivity contribution in [3.63, 3.8) is 0 Å². The molecule has 1 saturated heterocycles. The van der Waals surface area contributed by atoms with Gasteiger partial charge in [0.05, 0.1) is 0 Å². The maximum Gasteiger partial charge on any atom is 0.225 e. The van der Waals surface area contributed by atoms with Crippen LogP contribution in [-0.4, -0.2) is 29.4 Å². The molecule has 2 bridgehead atoms. The van der Waals surface area contributed by atoms with Crippen LogP contribution >= 0.6 is 0 Å². The van der Waals surface area contributed by atoms with Gasteiger partial charge in [0.2, 0.25) is 5.91 Å². The van der Waals surface area contributed by atoms with E-state index in [2.05, 4.69) is 11.8 Å². The van der Waals surface area contributed by atoms with Crippen LogP contribution in [0.1, 0.15) is 64.7 Å². The molecule has 0 spiro atoms. The van der Waals surface area contributed by atoms with E-state index >= 15 is 0 Å². The van der Waals surface area contributed by atoms with Crippen molar-refractivity contribution in [2.45, 2.75) is 76.8 Å². The van der Waals surface area contributed by atoms with Crippen molar-refractivity contribution in [2.24, 2.45) is 23.5 Å². The van der Waals surface area contributed by atoms with Gasteiger partial charge in [-0.05, 0) is 57.3 Å². The second-order valence-corrected chi connectivity index (χ2v) is 7.43. The van der Waals surface area contributed by atoms with E-state index in [1.54, 1.807) is 0 Å². The van der Waals surface area contributed by atoms with E-state index in [-0.39, 0.29) is 5.92 Å². The van der Waals surface area contributed by atoms with Crippen molar-refractivity contribution in [3.05, 3.63) is 0 Å². The molecule has 3 fully saturated rings. The van der Waals surface area contributed by atoms with Crippen LogP contribution in [0.5, 0.6) is 0 Å². The smallest absolute Gasteiger partial charge is 0.225 e. The summed E-state index contributed by atoms with van der Waals surface area (Å²) in [5, 5.41) is 0. The standard InChI is InChI=1S/C17H30N2O/c1-12-6-3-2-4-9-19(12)17(20)15-10-13-7-5-8-14(11-15)16(13)18/h12-16H,2-11,18H2,1H3. The lowest BCUT2D eigenvalue weighted by Gasteiger charge is -2.45. The first kappa shape index (κ1) is 14.4. The van der Waals surface area contributed by atoms with Crippen LogP contribution in [0, 0.1) is 17.8 Å². The Morgan fingerprint density at radius 3 is 2.40 bits per heavy atom. The van der Waals surface area contributed by atoms with Crippen molar-refractivity contribution >= 4 is 5.91 Å². The normalized spacial score (nSPS) is 42.1. The number of fused-ring (bicyclic) bond motifs is 2. The molecular formula is C17H30N2O. The summed E-state index contributed by atoms with van der Waals surface area (Å²) in [5.41, 5.74) is 6.35. The molecule has 2 N–H and O–H groups in total. The van der Waals surface area contributed by atoms with Gasteiger partial charge in [0.1, 0.15) is 0 Å². The highest BCUT2D eigenvalue weighted by Gasteiger charge is 2.42. The number of nitrogens with two attached hydrogens (primary N) is 1. The third-order valence-electron chi connectivity index (χ3n) is 6.10. The Balaban J connectivity index is 1.67. The summed E-state index contributed by atoms with van der Waals surface area (Å²) in [6.45, 7) is 3.22. The number of rotatable bonds is 1. The summed E-state index contributed by atoms with van der Waals surface area (Å²) < 4.78 is 0. The summed E-state index contributed by atoms with van der Waals surface area (Å²) >= 11 is 0. The van der Waals surface area contributed by atoms with Crippen LogP contribution in [0.4, 0.5) is 0 Å². The zero-order chi connectivity index (χ0) is 14.1. The molecule has 2 aliphatic carbocycles. The molecule has 114 valence electrons. The van der Waals surface area contributed by atoms with Crippen LogP contribution in [-0.2, 0) is 4.79 Å². The van der Waals surface area contributed by atoms with Crippen LogP contribution in [0.25, 0.3) is 0 Å². The van der Waals surface area contributed by atoms with E-state index in [1.165, 1.54) is 44.9 Å². The zero-order valence-electron chi connectivity index (χ0n) is 12.9. The Morgan fingerprint density at radius 1 is 1.00 bits per heavy atom. The number of hydrogen-bond acceptors (Lipinski definition) is 2. The molecule has 0 radical (unpaired) electrons. The monoisotopic (exact) mass is 278 g/mol. The van der Waals surface area contributed by atoms with Crippen molar-refractivity contribution in [2.75, 3.05) is 6.54 Å². The van der Waals surface area contributed by atoms with Gasteiger partial charge >= 0.3 is 0 Å². The Morgan fingerprint density at radius 2 is 1.70 bits per heavy atom. The van der Waals surface area contributed by atoms with Gasteiger partial charge in [0.25, 0.3) is 0 Å². The first-order valence-corrected chi connectivity index (χ1v) is 8.73. The molecule has 3 atom stereocenters. The van der Waals surface area contributed by atoms with Gasteiger partial charge in [0.15, 0.2) is 0 Å². The van der Waals surface area contributed by atoms with Gasteiger partial charge < -0.3 is 10.6 Å². The van der Waals surface area contributed by atoms with Crippen molar-refractivity contribution in [3.8, 4) is 0 Å². The number of carbonyl (C=O) groups is 1. The van der Waals surface area contributed by atoms with Gasteiger partial charge in [0, 0.05) is 24.5 Å². The summed E-state index contributed by atoms with van der Waals surface area (Å²) in [4.78, 5) is 15.1. The number of hydrogen-bond donors (Lipinski definition) is 1. The molecule has 3 unspecified atom stereocenters. The molecule has 1 amide bonds. The van der Waals surface area contributed by atoms with Crippen LogP contribution in [0.15, 0.2) is 0 Å². The minimum Gasteiger partial charge on any atom is -0.340 e. The Bertz CT molecular complexity index is 343. The van der Waals surface area contributed by atoms with E-state index in [0.717, 1.165) is 19.4 Å². The maximum absolute atomic E-state index is 12.9. The van der Waals surface area contributed by atoms with Gasteiger partial charge in [-0.3, -0.25) is 4.79 Å². The second-order valence-electron chi connectivity index (χ2n) is 7.43. The predicted octanol–water partition coefficient (Wildman–Crippen LogP) is 2.93. The highest BCUT2D eigenvalue weighted by Crippen LogP contribution is 2.42. The topological polar surface area (TPSA) is 46.3 Å². The van der Waals surface area contributed by atoms with E-state index in [9.17, 15) is 4.79 Å². The van der Waals surface area contributed by atoms with Gasteiger partial charge in [-0.25, -0.2) is 0 Å². The fourth-order valence-electron chi connectivity index (χ4n) is 4.83. The maximum atomic E-state index is 12.9. The van der Waals surface area contributed by atoms with Gasteiger partial charge in [-0.2, -0.15) is 0 Å². The molecule has 0 aromatic rings.